The molecule has 1 amide bonds. The number of nitrogens with zero attached hydrogens (tertiary/aromatic N) is 1. The largest absolute Gasteiger partial charge is 0.347 e. The van der Waals surface area contributed by atoms with E-state index in [9.17, 15) is 4.79 Å². The lowest BCUT2D eigenvalue weighted by molar-refractivity contribution is 0.0936. The van der Waals surface area contributed by atoms with E-state index in [0.29, 0.717) is 12.1 Å². The molecule has 1 aromatic heterocycles. The molecule has 0 spiro atoms. The quantitative estimate of drug-likeness (QED) is 0.737. The van der Waals surface area contributed by atoms with Gasteiger partial charge < -0.3 is 5.32 Å². The predicted molar refractivity (Wildman–Crippen MR) is 52.5 cm³/mol. The van der Waals surface area contributed by atoms with E-state index < -0.39 is 0 Å². The first kappa shape index (κ1) is 9.75. The van der Waals surface area contributed by atoms with Gasteiger partial charge in [0.1, 0.15) is 5.69 Å². The van der Waals surface area contributed by atoms with Crippen molar-refractivity contribution in [2.75, 3.05) is 0 Å². The Bertz CT molecular complexity index is 313. The van der Waals surface area contributed by atoms with Crippen LogP contribution in [0, 0.1) is 12.3 Å². The molecule has 0 bridgehead atoms. The maximum absolute atomic E-state index is 11.4. The lowest BCUT2D eigenvalue weighted by Crippen LogP contribution is -2.32. The minimum atomic E-state index is -0.163. The normalized spacial score (nSPS) is 11.7. The summed E-state index contributed by atoms with van der Waals surface area (Å²) < 4.78 is 0. The van der Waals surface area contributed by atoms with Crippen LogP contribution in [0.4, 0.5) is 0 Å². The molecule has 1 rings (SSSR count). The van der Waals surface area contributed by atoms with Crippen molar-refractivity contribution in [3.63, 3.8) is 0 Å². The van der Waals surface area contributed by atoms with E-state index in [0.717, 1.165) is 0 Å². The first-order valence-corrected chi connectivity index (χ1v) is 4.81. The second-order valence-corrected chi connectivity index (χ2v) is 3.38. The highest BCUT2D eigenvalue weighted by molar-refractivity contribution is 7.07. The van der Waals surface area contributed by atoms with Crippen molar-refractivity contribution in [3.05, 3.63) is 16.6 Å². The number of terminal acetylenes is 1. The first-order valence-electron chi connectivity index (χ1n) is 3.86. The number of carbonyl (C=O) groups excluding carboxylic acids is 1. The summed E-state index contributed by atoms with van der Waals surface area (Å²) in [6.07, 6.45) is 5.65. The summed E-state index contributed by atoms with van der Waals surface area (Å²) in [6.45, 7) is 1.87. The van der Waals surface area contributed by atoms with Crippen LogP contribution in [0.5, 0.6) is 0 Å². The van der Waals surface area contributed by atoms with Crippen LogP contribution in [-0.2, 0) is 0 Å². The Labute approximate surface area is 81.2 Å². The van der Waals surface area contributed by atoms with Gasteiger partial charge in [-0.3, -0.25) is 4.79 Å². The molecule has 1 N–H and O–H groups in total. The smallest absolute Gasteiger partial charge is 0.270 e. The molecule has 0 radical (unpaired) electrons. The van der Waals surface area contributed by atoms with Crippen molar-refractivity contribution in [1.29, 1.82) is 0 Å². The molecule has 0 aliphatic carbocycles. The zero-order chi connectivity index (χ0) is 9.68. The fourth-order valence-electron chi connectivity index (χ4n) is 0.850. The van der Waals surface area contributed by atoms with E-state index in [1.807, 2.05) is 6.92 Å². The van der Waals surface area contributed by atoms with E-state index in [1.165, 1.54) is 11.3 Å². The molecule has 1 heterocycles. The first-order chi connectivity index (χ1) is 6.24. The molecule has 0 fully saturated rings. The molecule has 4 heteroatoms. The summed E-state index contributed by atoms with van der Waals surface area (Å²) >= 11 is 1.40. The lowest BCUT2D eigenvalue weighted by atomic mass is 10.2. The topological polar surface area (TPSA) is 42.0 Å². The number of thiazole rings is 1. The van der Waals surface area contributed by atoms with Crippen molar-refractivity contribution < 1.29 is 4.79 Å². The summed E-state index contributed by atoms with van der Waals surface area (Å²) in [7, 11) is 0. The maximum atomic E-state index is 11.4. The van der Waals surface area contributed by atoms with Gasteiger partial charge in [-0.1, -0.05) is 0 Å². The van der Waals surface area contributed by atoms with Crippen LogP contribution in [0.3, 0.4) is 0 Å². The third-order valence-corrected chi connectivity index (χ3v) is 2.05. The number of hydrogen-bond donors (Lipinski definition) is 1. The van der Waals surface area contributed by atoms with Crippen LogP contribution in [0.1, 0.15) is 23.8 Å². The average Bonchev–Trinajstić information content (AvgIpc) is 2.55. The molecule has 1 aromatic rings. The summed E-state index contributed by atoms with van der Waals surface area (Å²) in [5.41, 5.74) is 2.08. The molecular weight excluding hydrogens is 184 g/mol. The zero-order valence-corrected chi connectivity index (χ0v) is 8.10. The van der Waals surface area contributed by atoms with Crippen LogP contribution in [0.25, 0.3) is 0 Å². The van der Waals surface area contributed by atoms with Crippen LogP contribution < -0.4 is 5.32 Å². The van der Waals surface area contributed by atoms with E-state index in [2.05, 4.69) is 16.2 Å². The second kappa shape index (κ2) is 4.63. The number of hydrogen-bond acceptors (Lipinski definition) is 3. The third-order valence-electron chi connectivity index (χ3n) is 1.47. The molecule has 3 nitrogen and oxygen atoms in total. The van der Waals surface area contributed by atoms with Gasteiger partial charge in [0.15, 0.2) is 0 Å². The molecule has 0 aliphatic rings. The molecule has 0 aromatic carbocycles. The number of aromatic nitrogens is 1. The number of nitrogens with one attached hydrogen (secondary N) is 1. The predicted octanol–water partition coefficient (Wildman–Crippen LogP) is 1.28. The van der Waals surface area contributed by atoms with Crippen molar-refractivity contribution in [3.8, 4) is 12.3 Å². The molecule has 1 unspecified atom stereocenters. The van der Waals surface area contributed by atoms with Crippen molar-refractivity contribution >= 4 is 17.2 Å². The third kappa shape index (κ3) is 2.88. The van der Waals surface area contributed by atoms with Crippen LogP contribution >= 0.6 is 11.3 Å². The second-order valence-electron chi connectivity index (χ2n) is 2.66. The fourth-order valence-corrected chi connectivity index (χ4v) is 1.38. The Morgan fingerprint density at radius 1 is 1.92 bits per heavy atom. The summed E-state index contributed by atoms with van der Waals surface area (Å²) in [5, 5.41) is 4.45. The van der Waals surface area contributed by atoms with Gasteiger partial charge in [-0.15, -0.1) is 23.7 Å². The summed E-state index contributed by atoms with van der Waals surface area (Å²) in [5.74, 6) is 2.32. The Hall–Kier alpha value is -1.34. The van der Waals surface area contributed by atoms with Gasteiger partial charge in [-0.05, 0) is 6.92 Å². The Balaban J connectivity index is 2.48. The number of amides is 1. The average molecular weight is 194 g/mol. The SMILES string of the molecule is C#CCC(C)NC(=O)c1cscn1. The molecule has 13 heavy (non-hydrogen) atoms. The van der Waals surface area contributed by atoms with Gasteiger partial charge in [0.05, 0.1) is 5.51 Å². The van der Waals surface area contributed by atoms with E-state index >= 15 is 0 Å². The molecule has 68 valence electrons. The molecule has 0 aliphatic heterocycles. The molecule has 0 saturated carbocycles. The van der Waals surface area contributed by atoms with Crippen molar-refractivity contribution in [2.24, 2.45) is 0 Å². The van der Waals surface area contributed by atoms with Crippen molar-refractivity contribution in [2.45, 2.75) is 19.4 Å². The fraction of sp³-hybridized carbons (Fsp3) is 0.333. The summed E-state index contributed by atoms with van der Waals surface area (Å²) in [6, 6.07) is -0.000741. The van der Waals surface area contributed by atoms with Gasteiger partial charge in [0.2, 0.25) is 0 Å². The monoisotopic (exact) mass is 194 g/mol. The van der Waals surface area contributed by atoms with E-state index in [4.69, 9.17) is 6.42 Å². The van der Waals surface area contributed by atoms with Gasteiger partial charge in [-0.2, -0.15) is 0 Å². The van der Waals surface area contributed by atoms with Crippen molar-refractivity contribution in [1.82, 2.24) is 10.3 Å². The van der Waals surface area contributed by atoms with E-state index in [-0.39, 0.29) is 11.9 Å². The summed E-state index contributed by atoms with van der Waals surface area (Å²) in [4.78, 5) is 15.2. The van der Waals surface area contributed by atoms with Crippen LogP contribution in [0.2, 0.25) is 0 Å². The number of rotatable bonds is 3. The maximum Gasteiger partial charge on any atom is 0.270 e. The zero-order valence-electron chi connectivity index (χ0n) is 7.28. The Morgan fingerprint density at radius 3 is 3.23 bits per heavy atom. The van der Waals surface area contributed by atoms with E-state index in [1.54, 1.807) is 10.9 Å². The Morgan fingerprint density at radius 2 is 2.69 bits per heavy atom. The minimum Gasteiger partial charge on any atom is -0.347 e. The van der Waals surface area contributed by atoms with Gasteiger partial charge in [0.25, 0.3) is 5.91 Å². The van der Waals surface area contributed by atoms with Gasteiger partial charge >= 0.3 is 0 Å². The number of carbonyl (C=O) groups is 1. The van der Waals surface area contributed by atoms with Gasteiger partial charge in [-0.25, -0.2) is 4.98 Å². The molecule has 1 atom stereocenters. The lowest BCUT2D eigenvalue weighted by Gasteiger charge is -2.08. The Kier molecular flexibility index (Phi) is 3.47. The highest BCUT2D eigenvalue weighted by atomic mass is 32.1. The standard InChI is InChI=1S/C9H10N2OS/c1-3-4-7(2)11-9(12)8-5-13-6-10-8/h1,5-7H,4H2,2H3,(H,11,12). The van der Waals surface area contributed by atoms with Crippen LogP contribution in [0.15, 0.2) is 10.9 Å². The molecular formula is C9H10N2OS. The molecule has 0 saturated heterocycles. The minimum absolute atomic E-state index is 0.000741. The van der Waals surface area contributed by atoms with Crippen LogP contribution in [-0.4, -0.2) is 16.9 Å². The van der Waals surface area contributed by atoms with Gasteiger partial charge in [0, 0.05) is 17.8 Å². The highest BCUT2D eigenvalue weighted by Crippen LogP contribution is 2.01. The highest BCUT2D eigenvalue weighted by Gasteiger charge is 2.09.